The van der Waals surface area contributed by atoms with Crippen molar-refractivity contribution in [3.05, 3.63) is 58.6 Å². The van der Waals surface area contributed by atoms with E-state index in [2.05, 4.69) is 5.32 Å². The summed E-state index contributed by atoms with van der Waals surface area (Å²) in [5.74, 6) is -0.799. The molecule has 0 unspecified atom stereocenters. The number of carbonyl (C=O) groups is 2. The first-order chi connectivity index (χ1) is 11.0. The Morgan fingerprint density at radius 2 is 2.00 bits per heavy atom. The summed E-state index contributed by atoms with van der Waals surface area (Å²) in [5, 5.41) is 12.2. The third-order valence-electron chi connectivity index (χ3n) is 3.06. The van der Waals surface area contributed by atoms with Crippen molar-refractivity contribution in [2.45, 2.75) is 13.3 Å². The molecule has 2 rings (SSSR count). The number of rotatable bonds is 6. The van der Waals surface area contributed by atoms with Crippen LogP contribution < -0.4 is 10.1 Å². The van der Waals surface area contributed by atoms with Crippen molar-refractivity contribution < 1.29 is 19.4 Å². The molecular weight excluding hydrogens is 318 g/mol. The quantitative estimate of drug-likeness (QED) is 0.846. The zero-order valence-corrected chi connectivity index (χ0v) is 13.3. The van der Waals surface area contributed by atoms with Gasteiger partial charge in [0, 0.05) is 11.1 Å². The number of halogens is 1. The van der Waals surface area contributed by atoms with E-state index in [4.69, 9.17) is 21.4 Å². The van der Waals surface area contributed by atoms with Crippen LogP contribution >= 0.6 is 11.6 Å². The van der Waals surface area contributed by atoms with Crippen LogP contribution in [0.25, 0.3) is 0 Å². The molecule has 0 saturated carbocycles. The Hall–Kier alpha value is -2.53. The average Bonchev–Trinajstić information content (AvgIpc) is 2.50. The zero-order chi connectivity index (χ0) is 16.8. The van der Waals surface area contributed by atoms with E-state index in [1.165, 1.54) is 12.1 Å². The predicted molar refractivity (Wildman–Crippen MR) is 88.4 cm³/mol. The van der Waals surface area contributed by atoms with Gasteiger partial charge >= 0.3 is 5.97 Å². The number of carboxylic acids is 1. The molecule has 1 amide bonds. The van der Waals surface area contributed by atoms with Gasteiger partial charge in [0.1, 0.15) is 5.75 Å². The number of benzene rings is 2. The summed E-state index contributed by atoms with van der Waals surface area (Å²) in [6.45, 7) is 2.29. The first kappa shape index (κ1) is 16.8. The minimum Gasteiger partial charge on any atom is -0.492 e. The third kappa shape index (κ3) is 4.72. The zero-order valence-electron chi connectivity index (χ0n) is 12.5. The minimum absolute atomic E-state index is 0.0648. The summed E-state index contributed by atoms with van der Waals surface area (Å²) in [7, 11) is 0. The number of carbonyl (C=O) groups excluding carboxylic acids is 1. The van der Waals surface area contributed by atoms with Crippen LogP contribution in [-0.4, -0.2) is 23.6 Å². The summed E-state index contributed by atoms with van der Waals surface area (Å²) in [4.78, 5) is 23.1. The fourth-order valence-corrected chi connectivity index (χ4v) is 2.23. The monoisotopic (exact) mass is 333 g/mol. The number of nitrogens with one attached hydrogen (secondary N) is 1. The minimum atomic E-state index is -1.02. The Morgan fingerprint density at radius 1 is 1.22 bits per heavy atom. The number of carboxylic acid groups (broad SMARTS) is 1. The van der Waals surface area contributed by atoms with E-state index >= 15 is 0 Å². The lowest BCUT2D eigenvalue weighted by Crippen LogP contribution is -2.15. The largest absolute Gasteiger partial charge is 0.492 e. The Bertz CT molecular complexity index is 730. The van der Waals surface area contributed by atoms with Crippen LogP contribution in [0.15, 0.2) is 42.5 Å². The molecule has 0 saturated heterocycles. The molecule has 23 heavy (non-hydrogen) atoms. The van der Waals surface area contributed by atoms with E-state index in [-0.39, 0.29) is 17.9 Å². The maximum Gasteiger partial charge on any atom is 0.335 e. The highest BCUT2D eigenvalue weighted by molar-refractivity contribution is 6.30. The van der Waals surface area contributed by atoms with E-state index < -0.39 is 5.97 Å². The summed E-state index contributed by atoms with van der Waals surface area (Å²) in [6.07, 6.45) is 0.0648. The molecule has 2 aromatic carbocycles. The standard InChI is InChI=1S/C17H16ClNO4/c1-2-23-15-10-13(18)6-7-14(15)19-16(20)9-11-4-3-5-12(8-11)17(21)22/h3-8,10H,2,9H2,1H3,(H,19,20)(H,21,22). The van der Waals surface area contributed by atoms with Crippen molar-refractivity contribution in [1.82, 2.24) is 0 Å². The topological polar surface area (TPSA) is 75.6 Å². The van der Waals surface area contributed by atoms with Gasteiger partial charge in [-0.15, -0.1) is 0 Å². The predicted octanol–water partition coefficient (Wildman–Crippen LogP) is 3.62. The second-order valence-electron chi connectivity index (χ2n) is 4.80. The number of hydrogen-bond donors (Lipinski definition) is 2. The van der Waals surface area contributed by atoms with Gasteiger partial charge in [0.05, 0.1) is 24.3 Å². The van der Waals surface area contributed by atoms with Gasteiger partial charge in [-0.05, 0) is 36.8 Å². The molecule has 2 N–H and O–H groups in total. The number of hydrogen-bond acceptors (Lipinski definition) is 3. The second-order valence-corrected chi connectivity index (χ2v) is 5.24. The fraction of sp³-hybridized carbons (Fsp3) is 0.176. The first-order valence-corrected chi connectivity index (χ1v) is 7.42. The van der Waals surface area contributed by atoms with Gasteiger partial charge in [-0.2, -0.15) is 0 Å². The Kier molecular flexibility index (Phi) is 5.60. The molecule has 6 heteroatoms. The highest BCUT2D eigenvalue weighted by atomic mass is 35.5. The first-order valence-electron chi connectivity index (χ1n) is 7.04. The lowest BCUT2D eigenvalue weighted by atomic mass is 10.1. The van der Waals surface area contributed by atoms with Crippen molar-refractivity contribution in [3.8, 4) is 5.75 Å². The number of aromatic carboxylic acids is 1. The highest BCUT2D eigenvalue weighted by Gasteiger charge is 2.11. The van der Waals surface area contributed by atoms with Crippen molar-refractivity contribution in [2.75, 3.05) is 11.9 Å². The average molecular weight is 334 g/mol. The highest BCUT2D eigenvalue weighted by Crippen LogP contribution is 2.28. The van der Waals surface area contributed by atoms with Crippen LogP contribution in [0.2, 0.25) is 5.02 Å². The molecule has 0 aliphatic carbocycles. The van der Waals surface area contributed by atoms with Crippen LogP contribution in [0.1, 0.15) is 22.8 Å². The molecule has 0 fully saturated rings. The normalized spacial score (nSPS) is 10.2. The van der Waals surface area contributed by atoms with Crippen molar-refractivity contribution in [1.29, 1.82) is 0 Å². The van der Waals surface area contributed by atoms with Crippen LogP contribution in [0.4, 0.5) is 5.69 Å². The van der Waals surface area contributed by atoms with E-state index in [0.717, 1.165) is 0 Å². The van der Waals surface area contributed by atoms with Gasteiger partial charge in [-0.3, -0.25) is 4.79 Å². The van der Waals surface area contributed by atoms with Gasteiger partial charge in [0.15, 0.2) is 0 Å². The van der Waals surface area contributed by atoms with Gasteiger partial charge in [0.2, 0.25) is 5.91 Å². The smallest absolute Gasteiger partial charge is 0.335 e. The van der Waals surface area contributed by atoms with Gasteiger partial charge in [-0.1, -0.05) is 23.7 Å². The Balaban J connectivity index is 2.11. The fourth-order valence-electron chi connectivity index (χ4n) is 2.07. The molecule has 2 aromatic rings. The van der Waals surface area contributed by atoms with Crippen LogP contribution in [0.3, 0.4) is 0 Å². The van der Waals surface area contributed by atoms with E-state index in [1.54, 1.807) is 30.3 Å². The van der Waals surface area contributed by atoms with Crippen molar-refractivity contribution >= 4 is 29.2 Å². The molecule has 0 bridgehead atoms. The van der Waals surface area contributed by atoms with Crippen LogP contribution in [-0.2, 0) is 11.2 Å². The van der Waals surface area contributed by atoms with Crippen molar-refractivity contribution in [3.63, 3.8) is 0 Å². The van der Waals surface area contributed by atoms with Gasteiger partial charge < -0.3 is 15.2 Å². The molecule has 0 heterocycles. The van der Waals surface area contributed by atoms with Gasteiger partial charge in [0.25, 0.3) is 0 Å². The number of anilines is 1. The van der Waals surface area contributed by atoms with E-state index in [1.807, 2.05) is 6.92 Å². The summed E-state index contributed by atoms with van der Waals surface area (Å²) in [6, 6.07) is 11.2. The molecule has 0 radical (unpaired) electrons. The molecule has 120 valence electrons. The molecule has 5 nitrogen and oxygen atoms in total. The number of amides is 1. The lowest BCUT2D eigenvalue weighted by Gasteiger charge is -2.12. The van der Waals surface area contributed by atoms with E-state index in [9.17, 15) is 9.59 Å². The summed E-state index contributed by atoms with van der Waals surface area (Å²) >= 11 is 5.92. The Morgan fingerprint density at radius 3 is 2.70 bits per heavy atom. The molecule has 0 spiro atoms. The summed E-state index contributed by atoms with van der Waals surface area (Å²) < 4.78 is 5.44. The molecular formula is C17H16ClNO4. The van der Waals surface area contributed by atoms with Gasteiger partial charge in [-0.25, -0.2) is 4.79 Å². The molecule has 0 atom stereocenters. The second kappa shape index (κ2) is 7.65. The molecule has 0 aromatic heterocycles. The van der Waals surface area contributed by atoms with Crippen molar-refractivity contribution in [2.24, 2.45) is 0 Å². The third-order valence-corrected chi connectivity index (χ3v) is 3.29. The lowest BCUT2D eigenvalue weighted by molar-refractivity contribution is -0.115. The molecule has 0 aliphatic heterocycles. The summed E-state index contributed by atoms with van der Waals surface area (Å²) in [5.41, 5.74) is 1.29. The molecule has 0 aliphatic rings. The van der Waals surface area contributed by atoms with Crippen LogP contribution in [0.5, 0.6) is 5.75 Å². The van der Waals surface area contributed by atoms with Crippen LogP contribution in [0, 0.1) is 0 Å². The number of ether oxygens (including phenoxy) is 1. The maximum atomic E-state index is 12.2. The Labute approximate surface area is 138 Å². The SMILES string of the molecule is CCOc1cc(Cl)ccc1NC(=O)Cc1cccc(C(=O)O)c1. The van der Waals surface area contributed by atoms with E-state index in [0.29, 0.717) is 28.6 Å². The maximum absolute atomic E-state index is 12.2.